The largest absolute Gasteiger partial charge is 0.491 e. The lowest BCUT2D eigenvalue weighted by Gasteiger charge is -2.20. The Morgan fingerprint density at radius 1 is 1.15 bits per heavy atom. The topological polar surface area (TPSA) is 145 Å². The number of hydrogen-bond donors (Lipinski definition) is 4. The maximum absolute atomic E-state index is 12.0. The van der Waals surface area contributed by atoms with Crippen molar-refractivity contribution in [2.45, 2.75) is 32.1 Å². The van der Waals surface area contributed by atoms with E-state index in [0.717, 1.165) is 18.5 Å². The van der Waals surface area contributed by atoms with Gasteiger partial charge in [0.25, 0.3) is 0 Å². The van der Waals surface area contributed by atoms with Crippen molar-refractivity contribution in [3.05, 3.63) is 53.6 Å². The Morgan fingerprint density at radius 2 is 1.88 bits per heavy atom. The molecular weight excluding hydrogens is 438 g/mol. The van der Waals surface area contributed by atoms with Gasteiger partial charge in [0.2, 0.25) is 6.10 Å². The molecule has 0 amide bonds. The maximum atomic E-state index is 12.0. The molecule has 2 aromatic rings. The number of carboxylic acids is 1. The van der Waals surface area contributed by atoms with Crippen molar-refractivity contribution in [3.63, 3.8) is 0 Å². The third-order valence-electron chi connectivity index (χ3n) is 5.94. The van der Waals surface area contributed by atoms with E-state index in [1.54, 1.807) is 54.3 Å². The summed E-state index contributed by atoms with van der Waals surface area (Å²) < 4.78 is 17.6. The van der Waals surface area contributed by atoms with Crippen LogP contribution in [0, 0.1) is 10.8 Å². The van der Waals surface area contributed by atoms with E-state index in [-0.39, 0.29) is 12.1 Å². The number of hydrogen-bond acceptors (Lipinski definition) is 6. The second-order valence-electron chi connectivity index (χ2n) is 8.39. The van der Waals surface area contributed by atoms with E-state index in [9.17, 15) is 9.90 Å². The average Bonchev–Trinajstić information content (AvgIpc) is 3.16. The number of carbonyl (C=O) groups is 1. The Hall–Kier alpha value is -3.95. The zero-order chi connectivity index (χ0) is 24.2. The molecular formula is C24H29N5O5. The Bertz CT molecular complexity index is 1070. The molecule has 0 saturated carbocycles. The number of ether oxygens (including phenoxy) is 3. The minimum Gasteiger partial charge on any atom is -0.491 e. The van der Waals surface area contributed by atoms with Crippen molar-refractivity contribution in [2.75, 3.05) is 26.2 Å². The van der Waals surface area contributed by atoms with Gasteiger partial charge >= 0.3 is 5.97 Å². The van der Waals surface area contributed by atoms with Crippen molar-refractivity contribution in [1.29, 1.82) is 10.8 Å². The summed E-state index contributed by atoms with van der Waals surface area (Å²) in [5.74, 6) is 1.06. The summed E-state index contributed by atoms with van der Waals surface area (Å²) in [4.78, 5) is 15.6. The minimum atomic E-state index is -1.20. The smallest absolute Gasteiger partial charge is 0.349 e. The summed E-state index contributed by atoms with van der Waals surface area (Å²) in [6.45, 7) is 4.50. The summed E-state index contributed by atoms with van der Waals surface area (Å²) in [6, 6.07) is 12.0. The molecule has 2 heterocycles. The molecule has 10 nitrogen and oxygen atoms in total. The molecule has 0 aliphatic carbocycles. The number of nitrogens with zero attached hydrogens (tertiary/aromatic N) is 2. The Balaban J connectivity index is 1.45. The molecule has 180 valence electrons. The summed E-state index contributed by atoms with van der Waals surface area (Å²) in [5.41, 5.74) is 6.89. The molecule has 2 aliphatic heterocycles. The number of carboxylic acid groups (broad SMARTS) is 1. The van der Waals surface area contributed by atoms with Gasteiger partial charge in [-0.15, -0.1) is 0 Å². The normalized spacial score (nSPS) is 18.3. The standard InChI is InChI=1S/C24H29N5O5/c1-15(25)28-9-8-20(14-28)33-18-4-2-16(3-5-18)22(23(30)31)34-19-6-7-21-17(12-19)13-29(24(26)27)10-11-32-21/h2-7,12,20,22,25H,8-11,13-14H2,1H3,(H3,26,27)(H,30,31). The van der Waals surface area contributed by atoms with Crippen LogP contribution in [0.2, 0.25) is 0 Å². The molecule has 2 unspecified atom stereocenters. The van der Waals surface area contributed by atoms with Gasteiger partial charge in [-0.05, 0) is 37.3 Å². The number of nitrogens with one attached hydrogen (secondary N) is 2. The molecule has 0 spiro atoms. The number of aliphatic carboxylic acids is 1. The van der Waals surface area contributed by atoms with Crippen LogP contribution in [0.4, 0.5) is 0 Å². The Kier molecular flexibility index (Phi) is 6.76. The van der Waals surface area contributed by atoms with E-state index in [0.29, 0.717) is 54.9 Å². The molecule has 1 fully saturated rings. The maximum Gasteiger partial charge on any atom is 0.349 e. The highest BCUT2D eigenvalue weighted by atomic mass is 16.5. The quantitative estimate of drug-likeness (QED) is 0.374. The second kappa shape index (κ2) is 9.90. The first kappa shape index (κ1) is 23.2. The molecule has 1 saturated heterocycles. The van der Waals surface area contributed by atoms with E-state index < -0.39 is 12.1 Å². The molecule has 10 heteroatoms. The first-order chi connectivity index (χ1) is 16.3. The molecule has 4 rings (SSSR count). The van der Waals surface area contributed by atoms with E-state index in [2.05, 4.69) is 0 Å². The van der Waals surface area contributed by atoms with Crippen LogP contribution in [0.1, 0.15) is 30.6 Å². The van der Waals surface area contributed by atoms with Crippen LogP contribution in [0.5, 0.6) is 17.2 Å². The van der Waals surface area contributed by atoms with Gasteiger partial charge in [-0.1, -0.05) is 12.1 Å². The van der Waals surface area contributed by atoms with Crippen LogP contribution in [0.3, 0.4) is 0 Å². The van der Waals surface area contributed by atoms with Crippen molar-refractivity contribution in [1.82, 2.24) is 9.80 Å². The third kappa shape index (κ3) is 5.33. The summed E-state index contributed by atoms with van der Waals surface area (Å²) in [6.07, 6.45) is -0.374. The lowest BCUT2D eigenvalue weighted by Crippen LogP contribution is -2.37. The molecule has 0 bridgehead atoms. The number of benzene rings is 2. The van der Waals surface area contributed by atoms with Crippen LogP contribution >= 0.6 is 0 Å². The van der Waals surface area contributed by atoms with Gasteiger partial charge in [0, 0.05) is 30.6 Å². The van der Waals surface area contributed by atoms with Gasteiger partial charge in [0.15, 0.2) is 5.96 Å². The van der Waals surface area contributed by atoms with Crippen LogP contribution in [0.15, 0.2) is 42.5 Å². The van der Waals surface area contributed by atoms with Gasteiger partial charge in [-0.3, -0.25) is 10.8 Å². The van der Waals surface area contributed by atoms with Crippen molar-refractivity contribution in [2.24, 2.45) is 5.73 Å². The zero-order valence-corrected chi connectivity index (χ0v) is 19.0. The number of rotatable bonds is 6. The van der Waals surface area contributed by atoms with Crippen molar-refractivity contribution >= 4 is 17.8 Å². The number of nitrogens with two attached hydrogens (primary N) is 1. The predicted molar refractivity (Wildman–Crippen MR) is 126 cm³/mol. The van der Waals surface area contributed by atoms with Crippen LogP contribution < -0.4 is 19.9 Å². The van der Waals surface area contributed by atoms with E-state index >= 15 is 0 Å². The summed E-state index contributed by atoms with van der Waals surface area (Å²) in [7, 11) is 0. The van der Waals surface area contributed by atoms with Gasteiger partial charge < -0.3 is 34.9 Å². The van der Waals surface area contributed by atoms with Gasteiger partial charge in [-0.25, -0.2) is 4.79 Å². The second-order valence-corrected chi connectivity index (χ2v) is 8.39. The molecule has 0 aromatic heterocycles. The average molecular weight is 468 g/mol. The summed E-state index contributed by atoms with van der Waals surface area (Å²) in [5, 5.41) is 25.2. The molecule has 0 radical (unpaired) electrons. The van der Waals surface area contributed by atoms with E-state index in [4.69, 9.17) is 30.8 Å². The first-order valence-corrected chi connectivity index (χ1v) is 11.1. The van der Waals surface area contributed by atoms with E-state index in [1.165, 1.54) is 0 Å². The number of guanidine groups is 1. The molecule has 2 aromatic carbocycles. The van der Waals surface area contributed by atoms with Crippen molar-refractivity contribution < 1.29 is 24.1 Å². The lowest BCUT2D eigenvalue weighted by atomic mass is 10.1. The SMILES string of the molecule is CC(=N)N1CCC(Oc2ccc(C(Oc3ccc4c(c3)CN(C(=N)N)CCO4)C(=O)O)cc2)C1. The fourth-order valence-electron chi connectivity index (χ4n) is 4.09. The molecule has 34 heavy (non-hydrogen) atoms. The highest BCUT2D eigenvalue weighted by molar-refractivity contribution is 5.77. The zero-order valence-electron chi connectivity index (χ0n) is 19.0. The predicted octanol–water partition coefficient (Wildman–Crippen LogP) is 2.43. The number of amidine groups is 1. The highest BCUT2D eigenvalue weighted by Crippen LogP contribution is 2.31. The van der Waals surface area contributed by atoms with E-state index in [1.807, 2.05) is 4.90 Å². The number of fused-ring (bicyclic) bond motifs is 1. The third-order valence-corrected chi connectivity index (χ3v) is 5.94. The van der Waals surface area contributed by atoms with Crippen LogP contribution in [-0.2, 0) is 11.3 Å². The fraction of sp³-hybridized carbons (Fsp3) is 0.375. The van der Waals surface area contributed by atoms with Gasteiger partial charge in [0.1, 0.15) is 30.0 Å². The van der Waals surface area contributed by atoms with Gasteiger partial charge in [0.05, 0.1) is 18.9 Å². The molecule has 2 atom stereocenters. The Labute approximate surface area is 197 Å². The van der Waals surface area contributed by atoms with Gasteiger partial charge in [-0.2, -0.15) is 0 Å². The lowest BCUT2D eigenvalue weighted by molar-refractivity contribution is -0.145. The molecule has 5 N–H and O–H groups in total. The fourth-order valence-corrected chi connectivity index (χ4v) is 4.09. The minimum absolute atomic E-state index is 0.00552. The number of likely N-dealkylation sites (tertiary alicyclic amines) is 1. The highest BCUT2D eigenvalue weighted by Gasteiger charge is 2.26. The summed E-state index contributed by atoms with van der Waals surface area (Å²) >= 11 is 0. The van der Waals surface area contributed by atoms with Crippen LogP contribution in [-0.4, -0.2) is 65.0 Å². The molecule has 2 aliphatic rings. The first-order valence-electron chi connectivity index (χ1n) is 11.1. The Morgan fingerprint density at radius 3 is 2.53 bits per heavy atom. The van der Waals surface area contributed by atoms with Crippen molar-refractivity contribution in [3.8, 4) is 17.2 Å². The monoisotopic (exact) mass is 467 g/mol. The van der Waals surface area contributed by atoms with Crippen LogP contribution in [0.25, 0.3) is 0 Å².